The van der Waals surface area contributed by atoms with E-state index < -0.39 is 0 Å². The van der Waals surface area contributed by atoms with E-state index in [1.807, 2.05) is 31.2 Å². The summed E-state index contributed by atoms with van der Waals surface area (Å²) in [4.78, 5) is 13.4. The molecule has 0 saturated carbocycles. The first-order valence-corrected chi connectivity index (χ1v) is 8.35. The van der Waals surface area contributed by atoms with Gasteiger partial charge in [0.1, 0.15) is 6.54 Å². The standard InChI is InChI=1S/C16H12Cl3N5O/c1-9-2-4-10(5-3-9)16-21-23-24(22-16)8-14(25)20-15-12(18)6-11(17)7-13(15)19/h2-7H,8H2,1H3,(H,20,25). The van der Waals surface area contributed by atoms with Crippen LogP contribution in [-0.4, -0.2) is 26.1 Å². The van der Waals surface area contributed by atoms with E-state index in [1.54, 1.807) is 0 Å². The molecular weight excluding hydrogens is 385 g/mol. The number of benzene rings is 2. The lowest BCUT2D eigenvalue weighted by atomic mass is 10.1. The molecule has 6 nitrogen and oxygen atoms in total. The van der Waals surface area contributed by atoms with Crippen LogP contribution in [0, 0.1) is 6.92 Å². The summed E-state index contributed by atoms with van der Waals surface area (Å²) in [6.07, 6.45) is 0. The van der Waals surface area contributed by atoms with Crippen LogP contribution in [0.2, 0.25) is 15.1 Å². The second-order valence-corrected chi connectivity index (χ2v) is 6.55. The number of aromatic nitrogens is 4. The van der Waals surface area contributed by atoms with Crippen molar-refractivity contribution in [2.75, 3.05) is 5.32 Å². The largest absolute Gasteiger partial charge is 0.322 e. The molecule has 0 fully saturated rings. The number of carbonyl (C=O) groups is 1. The van der Waals surface area contributed by atoms with E-state index in [1.165, 1.54) is 16.9 Å². The molecule has 9 heteroatoms. The Hall–Kier alpha value is -2.15. The fourth-order valence-electron chi connectivity index (χ4n) is 2.10. The minimum Gasteiger partial charge on any atom is -0.322 e. The van der Waals surface area contributed by atoms with Crippen LogP contribution in [0.15, 0.2) is 36.4 Å². The minimum atomic E-state index is -0.390. The van der Waals surface area contributed by atoms with Gasteiger partial charge in [-0.1, -0.05) is 64.6 Å². The van der Waals surface area contributed by atoms with Gasteiger partial charge in [0.05, 0.1) is 15.7 Å². The maximum atomic E-state index is 12.2. The average molecular weight is 397 g/mol. The van der Waals surface area contributed by atoms with E-state index >= 15 is 0 Å². The smallest absolute Gasteiger partial charge is 0.248 e. The van der Waals surface area contributed by atoms with E-state index in [2.05, 4.69) is 20.7 Å². The average Bonchev–Trinajstić information content (AvgIpc) is 3.00. The summed E-state index contributed by atoms with van der Waals surface area (Å²) < 4.78 is 0. The van der Waals surface area contributed by atoms with Crippen molar-refractivity contribution >= 4 is 46.4 Å². The topological polar surface area (TPSA) is 72.7 Å². The maximum Gasteiger partial charge on any atom is 0.248 e. The maximum absolute atomic E-state index is 12.2. The zero-order chi connectivity index (χ0) is 18.0. The van der Waals surface area contributed by atoms with Crippen molar-refractivity contribution in [3.63, 3.8) is 0 Å². The highest BCUT2D eigenvalue weighted by atomic mass is 35.5. The van der Waals surface area contributed by atoms with Crippen LogP contribution < -0.4 is 5.32 Å². The molecular formula is C16H12Cl3N5O. The predicted octanol–water partition coefficient (Wildman–Crippen LogP) is 4.25. The lowest BCUT2D eigenvalue weighted by molar-refractivity contribution is -0.117. The molecule has 3 rings (SSSR count). The molecule has 128 valence electrons. The highest BCUT2D eigenvalue weighted by Crippen LogP contribution is 2.33. The Kier molecular flexibility index (Phi) is 5.22. The van der Waals surface area contributed by atoms with Gasteiger partial charge in [-0.15, -0.1) is 10.2 Å². The second kappa shape index (κ2) is 7.39. The minimum absolute atomic E-state index is 0.131. The molecule has 0 aliphatic heterocycles. The number of amides is 1. The number of hydrogen-bond acceptors (Lipinski definition) is 4. The Labute approximate surface area is 158 Å². The number of aryl methyl sites for hydroxylation is 1. The first-order chi connectivity index (χ1) is 11.9. The Bertz CT molecular complexity index is 901. The Morgan fingerprint density at radius 2 is 1.76 bits per heavy atom. The highest BCUT2D eigenvalue weighted by Gasteiger charge is 2.13. The fourth-order valence-corrected chi connectivity index (χ4v) is 3.01. The van der Waals surface area contributed by atoms with Crippen molar-refractivity contribution < 1.29 is 4.79 Å². The third kappa shape index (κ3) is 4.28. The third-order valence-electron chi connectivity index (χ3n) is 3.32. The zero-order valence-electron chi connectivity index (χ0n) is 13.0. The van der Waals surface area contributed by atoms with Gasteiger partial charge in [-0.2, -0.15) is 4.80 Å². The number of rotatable bonds is 4. The van der Waals surface area contributed by atoms with E-state index in [0.717, 1.165) is 11.1 Å². The normalized spacial score (nSPS) is 10.7. The summed E-state index contributed by atoms with van der Waals surface area (Å²) in [5.41, 5.74) is 2.24. The van der Waals surface area contributed by atoms with Crippen LogP contribution in [0.25, 0.3) is 11.4 Å². The lowest BCUT2D eigenvalue weighted by Crippen LogP contribution is -2.20. The quantitative estimate of drug-likeness (QED) is 0.715. The summed E-state index contributed by atoms with van der Waals surface area (Å²) in [5, 5.41) is 15.5. The Balaban J connectivity index is 1.71. The van der Waals surface area contributed by atoms with Crippen molar-refractivity contribution in [2.45, 2.75) is 13.5 Å². The molecule has 0 bridgehead atoms. The summed E-state index contributed by atoms with van der Waals surface area (Å²) in [6, 6.07) is 10.7. The molecule has 1 N–H and O–H groups in total. The first-order valence-electron chi connectivity index (χ1n) is 7.21. The molecule has 0 radical (unpaired) electrons. The third-order valence-corrected chi connectivity index (χ3v) is 4.13. The molecule has 1 heterocycles. The molecule has 0 unspecified atom stereocenters. The van der Waals surface area contributed by atoms with Crippen LogP contribution in [0.3, 0.4) is 0 Å². The van der Waals surface area contributed by atoms with Gasteiger partial charge in [0.15, 0.2) is 0 Å². The number of nitrogens with zero attached hydrogens (tertiary/aromatic N) is 4. The molecule has 0 aliphatic rings. The van der Waals surface area contributed by atoms with E-state index in [0.29, 0.717) is 10.8 Å². The van der Waals surface area contributed by atoms with E-state index in [9.17, 15) is 4.79 Å². The molecule has 0 saturated heterocycles. The first kappa shape index (κ1) is 17.7. The number of anilines is 1. The van der Waals surface area contributed by atoms with Gasteiger partial charge >= 0.3 is 0 Å². The van der Waals surface area contributed by atoms with Gasteiger partial charge in [0.25, 0.3) is 0 Å². The van der Waals surface area contributed by atoms with Crippen LogP contribution in [0.5, 0.6) is 0 Å². The molecule has 3 aromatic rings. The summed E-state index contributed by atoms with van der Waals surface area (Å²) in [6.45, 7) is 1.86. The van der Waals surface area contributed by atoms with Crippen molar-refractivity contribution in [1.29, 1.82) is 0 Å². The van der Waals surface area contributed by atoms with Crippen LogP contribution in [-0.2, 0) is 11.3 Å². The molecule has 0 atom stereocenters. The number of hydrogen-bond donors (Lipinski definition) is 1. The van der Waals surface area contributed by atoms with E-state index in [4.69, 9.17) is 34.8 Å². The van der Waals surface area contributed by atoms with Gasteiger partial charge in [-0.3, -0.25) is 4.79 Å². The number of carbonyl (C=O) groups excluding carboxylic acids is 1. The monoisotopic (exact) mass is 395 g/mol. The zero-order valence-corrected chi connectivity index (χ0v) is 15.3. The van der Waals surface area contributed by atoms with Gasteiger partial charge in [0.2, 0.25) is 11.7 Å². The van der Waals surface area contributed by atoms with Crippen molar-refractivity contribution in [1.82, 2.24) is 20.2 Å². The van der Waals surface area contributed by atoms with Crippen LogP contribution >= 0.6 is 34.8 Å². The Morgan fingerprint density at radius 1 is 1.12 bits per heavy atom. The molecule has 25 heavy (non-hydrogen) atoms. The lowest BCUT2D eigenvalue weighted by Gasteiger charge is -2.09. The van der Waals surface area contributed by atoms with Crippen LogP contribution in [0.1, 0.15) is 5.56 Å². The van der Waals surface area contributed by atoms with Crippen molar-refractivity contribution in [3.05, 3.63) is 57.0 Å². The van der Waals surface area contributed by atoms with E-state index in [-0.39, 0.29) is 28.2 Å². The molecule has 0 spiro atoms. The number of halogens is 3. The molecule has 1 amide bonds. The molecule has 2 aromatic carbocycles. The summed E-state index contributed by atoms with van der Waals surface area (Å²) in [7, 11) is 0. The van der Waals surface area contributed by atoms with Crippen molar-refractivity contribution in [3.8, 4) is 11.4 Å². The van der Waals surface area contributed by atoms with Gasteiger partial charge < -0.3 is 5.32 Å². The number of nitrogens with one attached hydrogen (secondary N) is 1. The molecule has 1 aromatic heterocycles. The summed E-state index contributed by atoms with van der Waals surface area (Å²) >= 11 is 17.9. The fraction of sp³-hybridized carbons (Fsp3) is 0.125. The second-order valence-electron chi connectivity index (χ2n) is 5.30. The Morgan fingerprint density at radius 3 is 2.40 bits per heavy atom. The predicted molar refractivity (Wildman–Crippen MR) is 98.1 cm³/mol. The summed E-state index contributed by atoms with van der Waals surface area (Å²) in [5.74, 6) is 0.0503. The van der Waals surface area contributed by atoms with Gasteiger partial charge in [-0.05, 0) is 24.3 Å². The van der Waals surface area contributed by atoms with Crippen LogP contribution in [0.4, 0.5) is 5.69 Å². The van der Waals surface area contributed by atoms with Crippen molar-refractivity contribution in [2.24, 2.45) is 0 Å². The van der Waals surface area contributed by atoms with Gasteiger partial charge in [-0.25, -0.2) is 0 Å². The molecule has 0 aliphatic carbocycles. The van der Waals surface area contributed by atoms with Gasteiger partial charge in [0, 0.05) is 10.6 Å². The SMILES string of the molecule is Cc1ccc(-c2nnn(CC(=O)Nc3c(Cl)cc(Cl)cc3Cl)n2)cc1. The number of tetrazole rings is 1. The highest BCUT2D eigenvalue weighted by molar-refractivity contribution is 6.42.